The Labute approximate surface area is 88.4 Å². The molecule has 4 nitrogen and oxygen atoms in total. The van der Waals surface area contributed by atoms with E-state index in [-0.39, 0.29) is 12.6 Å². The Morgan fingerprint density at radius 3 is 2.67 bits per heavy atom. The van der Waals surface area contributed by atoms with Gasteiger partial charge in [0, 0.05) is 12.6 Å². The summed E-state index contributed by atoms with van der Waals surface area (Å²) in [6, 6.07) is 0.0299. The van der Waals surface area contributed by atoms with E-state index < -0.39 is 18.9 Å². The standard InChI is InChI=1S/C9H18F2N2O2/c1-3-15-6-7(2)12-5-9(14)13-4-8(10)11/h7-8,12H,3-6H2,1-2H3,(H,13,14). The van der Waals surface area contributed by atoms with E-state index in [1.807, 2.05) is 13.8 Å². The number of ether oxygens (including phenoxy) is 1. The predicted octanol–water partition coefficient (Wildman–Crippen LogP) is 0.382. The molecule has 1 atom stereocenters. The van der Waals surface area contributed by atoms with Crippen molar-refractivity contribution in [3.05, 3.63) is 0 Å². The molecule has 0 aromatic carbocycles. The lowest BCUT2D eigenvalue weighted by atomic mass is 10.3. The maximum atomic E-state index is 11.7. The molecule has 0 bridgehead atoms. The van der Waals surface area contributed by atoms with Crippen molar-refractivity contribution in [3.63, 3.8) is 0 Å². The number of hydrogen-bond donors (Lipinski definition) is 2. The van der Waals surface area contributed by atoms with Crippen molar-refractivity contribution in [3.8, 4) is 0 Å². The first-order chi connectivity index (χ1) is 7.06. The molecule has 0 aliphatic carbocycles. The number of hydrogen-bond acceptors (Lipinski definition) is 3. The fourth-order valence-electron chi connectivity index (χ4n) is 0.874. The van der Waals surface area contributed by atoms with Gasteiger partial charge in [-0.25, -0.2) is 8.78 Å². The minimum atomic E-state index is -2.50. The summed E-state index contributed by atoms with van der Waals surface area (Å²) in [6.07, 6.45) is -2.50. The van der Waals surface area contributed by atoms with Gasteiger partial charge in [-0.2, -0.15) is 0 Å². The average molecular weight is 224 g/mol. The van der Waals surface area contributed by atoms with E-state index >= 15 is 0 Å². The normalized spacial score (nSPS) is 12.9. The van der Waals surface area contributed by atoms with Gasteiger partial charge in [-0.05, 0) is 13.8 Å². The Morgan fingerprint density at radius 1 is 1.47 bits per heavy atom. The van der Waals surface area contributed by atoms with Crippen molar-refractivity contribution in [2.75, 3.05) is 26.3 Å². The van der Waals surface area contributed by atoms with Crippen molar-refractivity contribution in [1.29, 1.82) is 0 Å². The topological polar surface area (TPSA) is 50.4 Å². The van der Waals surface area contributed by atoms with Crippen LogP contribution < -0.4 is 10.6 Å². The third-order valence-electron chi connectivity index (χ3n) is 1.64. The molecular weight excluding hydrogens is 206 g/mol. The molecule has 2 N–H and O–H groups in total. The molecule has 0 rings (SSSR count). The Kier molecular flexibility index (Phi) is 8.12. The van der Waals surface area contributed by atoms with Crippen LogP contribution in [0.2, 0.25) is 0 Å². The highest BCUT2D eigenvalue weighted by atomic mass is 19.3. The number of rotatable bonds is 8. The molecule has 0 saturated heterocycles. The van der Waals surface area contributed by atoms with E-state index in [2.05, 4.69) is 10.6 Å². The van der Waals surface area contributed by atoms with Gasteiger partial charge in [0.2, 0.25) is 5.91 Å². The van der Waals surface area contributed by atoms with Crippen LogP contribution in [0.15, 0.2) is 0 Å². The Morgan fingerprint density at radius 2 is 2.13 bits per heavy atom. The van der Waals surface area contributed by atoms with Crippen LogP contribution in [-0.4, -0.2) is 44.7 Å². The molecule has 1 unspecified atom stereocenters. The molecule has 0 aliphatic rings. The summed E-state index contributed by atoms with van der Waals surface area (Å²) in [5.41, 5.74) is 0. The first kappa shape index (κ1) is 14.2. The minimum absolute atomic E-state index is 0.0287. The van der Waals surface area contributed by atoms with Gasteiger partial charge < -0.3 is 15.4 Å². The van der Waals surface area contributed by atoms with Crippen LogP contribution >= 0.6 is 0 Å². The molecule has 0 radical (unpaired) electrons. The summed E-state index contributed by atoms with van der Waals surface area (Å²) < 4.78 is 28.5. The Bertz CT molecular complexity index is 179. The average Bonchev–Trinajstić information content (AvgIpc) is 2.20. The summed E-state index contributed by atoms with van der Waals surface area (Å²) in [5, 5.41) is 4.96. The van der Waals surface area contributed by atoms with E-state index in [4.69, 9.17) is 4.74 Å². The minimum Gasteiger partial charge on any atom is -0.380 e. The lowest BCUT2D eigenvalue weighted by Gasteiger charge is -2.13. The maximum absolute atomic E-state index is 11.7. The SMILES string of the molecule is CCOCC(C)NCC(=O)NCC(F)F. The van der Waals surface area contributed by atoms with Crippen molar-refractivity contribution in [1.82, 2.24) is 10.6 Å². The fraction of sp³-hybridized carbons (Fsp3) is 0.889. The van der Waals surface area contributed by atoms with Gasteiger partial charge in [0.15, 0.2) is 0 Å². The van der Waals surface area contributed by atoms with E-state index in [9.17, 15) is 13.6 Å². The summed E-state index contributed by atoms with van der Waals surface area (Å²) in [7, 11) is 0. The number of amides is 1. The largest absolute Gasteiger partial charge is 0.380 e. The van der Waals surface area contributed by atoms with Crippen molar-refractivity contribution in [2.45, 2.75) is 26.3 Å². The summed E-state index contributed by atoms with van der Waals surface area (Å²) in [6.45, 7) is 4.28. The highest BCUT2D eigenvalue weighted by Gasteiger charge is 2.07. The van der Waals surface area contributed by atoms with E-state index in [0.29, 0.717) is 13.2 Å². The van der Waals surface area contributed by atoms with Gasteiger partial charge in [0.25, 0.3) is 6.43 Å². The molecule has 1 amide bonds. The van der Waals surface area contributed by atoms with Crippen LogP contribution in [0.1, 0.15) is 13.8 Å². The summed E-state index contributed by atoms with van der Waals surface area (Å²) in [5.74, 6) is -0.432. The van der Waals surface area contributed by atoms with Gasteiger partial charge in [0.1, 0.15) is 0 Å². The van der Waals surface area contributed by atoms with Crippen LogP contribution in [0.25, 0.3) is 0 Å². The van der Waals surface area contributed by atoms with Crippen LogP contribution in [0.5, 0.6) is 0 Å². The quantitative estimate of drug-likeness (QED) is 0.627. The van der Waals surface area contributed by atoms with Crippen molar-refractivity contribution >= 4 is 5.91 Å². The number of alkyl halides is 2. The smallest absolute Gasteiger partial charge is 0.255 e. The highest BCUT2D eigenvalue weighted by molar-refractivity contribution is 5.77. The molecule has 0 fully saturated rings. The fourth-order valence-corrected chi connectivity index (χ4v) is 0.874. The Balaban J connectivity index is 3.44. The van der Waals surface area contributed by atoms with Crippen LogP contribution in [0, 0.1) is 0 Å². The molecule has 90 valence electrons. The number of carbonyl (C=O) groups excluding carboxylic acids is 1. The lowest BCUT2D eigenvalue weighted by molar-refractivity contribution is -0.121. The third kappa shape index (κ3) is 9.55. The monoisotopic (exact) mass is 224 g/mol. The van der Waals surface area contributed by atoms with Gasteiger partial charge in [-0.1, -0.05) is 0 Å². The predicted molar refractivity (Wildman–Crippen MR) is 53.0 cm³/mol. The first-order valence-corrected chi connectivity index (χ1v) is 4.92. The van der Waals surface area contributed by atoms with Crippen LogP contribution in [-0.2, 0) is 9.53 Å². The molecular formula is C9H18F2N2O2. The molecule has 6 heteroatoms. The third-order valence-corrected chi connectivity index (χ3v) is 1.64. The summed E-state index contributed by atoms with van der Waals surface area (Å²) >= 11 is 0. The van der Waals surface area contributed by atoms with Crippen LogP contribution in [0.4, 0.5) is 8.78 Å². The van der Waals surface area contributed by atoms with Gasteiger partial charge >= 0.3 is 0 Å². The second-order valence-electron chi connectivity index (χ2n) is 3.14. The molecule has 0 heterocycles. The number of halogens is 2. The van der Waals surface area contributed by atoms with Gasteiger partial charge in [-0.3, -0.25) is 4.79 Å². The number of nitrogens with one attached hydrogen (secondary N) is 2. The summed E-state index contributed by atoms with van der Waals surface area (Å²) in [4.78, 5) is 11.0. The van der Waals surface area contributed by atoms with E-state index in [1.165, 1.54) is 0 Å². The van der Waals surface area contributed by atoms with Crippen LogP contribution in [0.3, 0.4) is 0 Å². The lowest BCUT2D eigenvalue weighted by Crippen LogP contribution is -2.41. The Hall–Kier alpha value is -0.750. The molecule has 0 saturated carbocycles. The second-order valence-corrected chi connectivity index (χ2v) is 3.14. The van der Waals surface area contributed by atoms with Crippen molar-refractivity contribution < 1.29 is 18.3 Å². The molecule has 15 heavy (non-hydrogen) atoms. The molecule has 0 spiro atoms. The number of carbonyl (C=O) groups is 1. The zero-order valence-corrected chi connectivity index (χ0v) is 9.06. The van der Waals surface area contributed by atoms with Gasteiger partial charge in [-0.15, -0.1) is 0 Å². The molecule has 0 aromatic rings. The van der Waals surface area contributed by atoms with E-state index in [0.717, 1.165) is 0 Å². The zero-order chi connectivity index (χ0) is 11.7. The molecule has 0 aromatic heterocycles. The highest BCUT2D eigenvalue weighted by Crippen LogP contribution is 1.87. The zero-order valence-electron chi connectivity index (χ0n) is 9.06. The molecule has 0 aliphatic heterocycles. The second kappa shape index (κ2) is 8.55. The van der Waals surface area contributed by atoms with E-state index in [1.54, 1.807) is 0 Å². The van der Waals surface area contributed by atoms with Crippen molar-refractivity contribution in [2.24, 2.45) is 0 Å². The van der Waals surface area contributed by atoms with Gasteiger partial charge in [0.05, 0.1) is 19.7 Å². The first-order valence-electron chi connectivity index (χ1n) is 4.92. The maximum Gasteiger partial charge on any atom is 0.255 e.